The molecule has 0 radical (unpaired) electrons. The van der Waals surface area contributed by atoms with Crippen molar-refractivity contribution < 1.29 is 23.5 Å². The van der Waals surface area contributed by atoms with Crippen LogP contribution >= 0.6 is 11.3 Å². The molecule has 0 N–H and O–H groups in total. The van der Waals surface area contributed by atoms with E-state index in [1.54, 1.807) is 16.7 Å². The van der Waals surface area contributed by atoms with Crippen LogP contribution in [0, 0.1) is 0 Å². The number of benzene rings is 2. The molecule has 0 fully saturated rings. The minimum Gasteiger partial charge on any atom is -0.490 e. The lowest BCUT2D eigenvalue weighted by Gasteiger charge is -2.06. The number of thiazole rings is 1. The molecule has 4 aromatic rings. The number of fused-ring (bicyclic) bond motifs is 2. The lowest BCUT2D eigenvalue weighted by Crippen LogP contribution is -2.22. The number of hydrogen-bond acceptors (Lipinski definition) is 6. The van der Waals surface area contributed by atoms with Gasteiger partial charge in [0.15, 0.2) is 21.9 Å². The van der Waals surface area contributed by atoms with Gasteiger partial charge in [0, 0.05) is 5.39 Å². The summed E-state index contributed by atoms with van der Waals surface area (Å²) in [7, 11) is 1.33. The average molecular weight is 453 g/mol. The Kier molecular flexibility index (Phi) is 6.14. The van der Waals surface area contributed by atoms with Gasteiger partial charge in [0.2, 0.25) is 0 Å². The van der Waals surface area contributed by atoms with Crippen LogP contribution < -0.4 is 9.54 Å². The molecule has 166 valence electrons. The minimum atomic E-state index is -0.530. The van der Waals surface area contributed by atoms with Gasteiger partial charge in [-0.3, -0.25) is 9.59 Å². The summed E-state index contributed by atoms with van der Waals surface area (Å²) in [6.07, 6.45) is 0. The van der Waals surface area contributed by atoms with Crippen LogP contribution in [0.5, 0.6) is 5.75 Å². The third-order valence-corrected chi connectivity index (χ3v) is 6.15. The van der Waals surface area contributed by atoms with Gasteiger partial charge in [-0.25, -0.2) is 0 Å². The summed E-state index contributed by atoms with van der Waals surface area (Å²) in [5, 5.41) is 0.759. The third kappa shape index (κ3) is 4.18. The smallest absolute Gasteiger partial charge is 0.325 e. The maximum atomic E-state index is 13.0. The normalized spacial score (nSPS) is 12.1. The second-order valence-corrected chi connectivity index (χ2v) is 8.57. The molecule has 8 heteroatoms. The van der Waals surface area contributed by atoms with E-state index in [4.69, 9.17) is 13.9 Å². The predicted octanol–water partition coefficient (Wildman–Crippen LogP) is 4.89. The average Bonchev–Trinajstić information content (AvgIpc) is 3.36. The monoisotopic (exact) mass is 452 g/mol. The maximum absolute atomic E-state index is 13.0. The molecular weight excluding hydrogens is 428 g/mol. The van der Waals surface area contributed by atoms with Crippen molar-refractivity contribution in [3.63, 3.8) is 0 Å². The van der Waals surface area contributed by atoms with Gasteiger partial charge in [0.25, 0.3) is 0 Å². The van der Waals surface area contributed by atoms with Crippen molar-refractivity contribution in [2.45, 2.75) is 33.2 Å². The summed E-state index contributed by atoms with van der Waals surface area (Å²) in [4.78, 5) is 29.7. The highest BCUT2D eigenvalue weighted by molar-refractivity contribution is 7.16. The Morgan fingerprint density at radius 3 is 2.72 bits per heavy atom. The Bertz CT molecular complexity index is 1380. The Labute approximate surface area is 188 Å². The SMILES string of the molecule is CCOc1cccc2cc(C(=O)N=c3sc4cc(C(C)C)ccc4n3CC(=O)OC)oc12. The molecule has 0 aliphatic rings. The van der Waals surface area contributed by atoms with E-state index in [0.717, 1.165) is 15.6 Å². The number of carbonyl (C=O) groups excluding carboxylic acids is 2. The first-order chi connectivity index (χ1) is 15.4. The number of carbonyl (C=O) groups is 2. The molecule has 2 aromatic carbocycles. The fourth-order valence-corrected chi connectivity index (χ4v) is 4.51. The van der Waals surface area contributed by atoms with Crippen molar-refractivity contribution in [2.75, 3.05) is 13.7 Å². The molecule has 7 nitrogen and oxygen atoms in total. The Hall–Kier alpha value is -3.39. The molecule has 2 heterocycles. The van der Waals surface area contributed by atoms with Crippen LogP contribution in [0.1, 0.15) is 42.8 Å². The van der Waals surface area contributed by atoms with Crippen molar-refractivity contribution in [2.24, 2.45) is 4.99 Å². The van der Waals surface area contributed by atoms with E-state index in [-0.39, 0.29) is 12.3 Å². The molecule has 0 atom stereocenters. The number of furan rings is 1. The van der Waals surface area contributed by atoms with E-state index in [2.05, 4.69) is 24.9 Å². The van der Waals surface area contributed by atoms with Crippen LogP contribution in [-0.2, 0) is 16.1 Å². The Morgan fingerprint density at radius 2 is 2.00 bits per heavy atom. The number of methoxy groups -OCH3 is 1. The van der Waals surface area contributed by atoms with Gasteiger partial charge in [-0.1, -0.05) is 43.4 Å². The topological polar surface area (TPSA) is 83.0 Å². The summed E-state index contributed by atoms with van der Waals surface area (Å²) < 4.78 is 18.9. The number of hydrogen-bond donors (Lipinski definition) is 0. The minimum absolute atomic E-state index is 0.0434. The molecule has 0 saturated carbocycles. The zero-order valence-corrected chi connectivity index (χ0v) is 19.2. The Balaban J connectivity index is 1.82. The lowest BCUT2D eigenvalue weighted by atomic mass is 10.0. The van der Waals surface area contributed by atoms with Gasteiger partial charge in [0.05, 0.1) is 23.9 Å². The maximum Gasteiger partial charge on any atom is 0.325 e. The van der Waals surface area contributed by atoms with E-state index in [1.807, 2.05) is 31.2 Å². The standard InChI is InChI=1S/C24H24N2O5S/c1-5-30-18-8-6-7-16-11-19(31-22(16)18)23(28)25-24-26(13-21(27)29-4)17-10-9-15(14(2)3)12-20(17)32-24/h6-12,14H,5,13H2,1-4H3. The van der Waals surface area contributed by atoms with Gasteiger partial charge < -0.3 is 18.5 Å². The van der Waals surface area contributed by atoms with Crippen LogP contribution in [0.25, 0.3) is 21.2 Å². The number of rotatable bonds is 6. The molecule has 4 rings (SSSR count). The molecule has 0 aliphatic carbocycles. The van der Waals surface area contributed by atoms with E-state index >= 15 is 0 Å². The van der Waals surface area contributed by atoms with Crippen molar-refractivity contribution in [1.29, 1.82) is 0 Å². The van der Waals surface area contributed by atoms with E-state index in [1.165, 1.54) is 24.0 Å². The van der Waals surface area contributed by atoms with E-state index in [9.17, 15) is 9.59 Å². The number of aromatic nitrogens is 1. The molecule has 0 aliphatic heterocycles. The first-order valence-electron chi connectivity index (χ1n) is 10.4. The number of para-hydroxylation sites is 1. The summed E-state index contributed by atoms with van der Waals surface area (Å²) in [6.45, 7) is 6.56. The number of nitrogens with zero attached hydrogens (tertiary/aromatic N) is 2. The van der Waals surface area contributed by atoms with E-state index in [0.29, 0.717) is 28.7 Å². The quantitative estimate of drug-likeness (QED) is 0.389. The van der Waals surface area contributed by atoms with Gasteiger partial charge in [-0.05, 0) is 42.7 Å². The fourth-order valence-electron chi connectivity index (χ4n) is 3.43. The zero-order chi connectivity index (χ0) is 22.8. The van der Waals surface area contributed by atoms with Crippen LogP contribution in [-0.4, -0.2) is 30.2 Å². The Morgan fingerprint density at radius 1 is 1.19 bits per heavy atom. The van der Waals surface area contributed by atoms with Crippen molar-refractivity contribution >= 4 is 44.4 Å². The number of esters is 1. The highest BCUT2D eigenvalue weighted by Crippen LogP contribution is 2.29. The molecular formula is C24H24N2O5S. The highest BCUT2D eigenvalue weighted by Gasteiger charge is 2.17. The van der Waals surface area contributed by atoms with Crippen molar-refractivity contribution in [1.82, 2.24) is 4.57 Å². The van der Waals surface area contributed by atoms with Crippen molar-refractivity contribution in [3.8, 4) is 5.75 Å². The molecule has 32 heavy (non-hydrogen) atoms. The van der Waals surface area contributed by atoms with E-state index < -0.39 is 11.9 Å². The summed E-state index contributed by atoms with van der Waals surface area (Å²) in [5.74, 6) is 0.0900. The van der Waals surface area contributed by atoms with Crippen LogP contribution in [0.3, 0.4) is 0 Å². The van der Waals surface area contributed by atoms with Gasteiger partial charge in [-0.15, -0.1) is 0 Å². The number of ether oxygens (including phenoxy) is 2. The molecule has 0 bridgehead atoms. The second-order valence-electron chi connectivity index (χ2n) is 7.56. The van der Waals surface area contributed by atoms with Gasteiger partial charge in [-0.2, -0.15) is 4.99 Å². The van der Waals surface area contributed by atoms with Crippen LogP contribution in [0.4, 0.5) is 0 Å². The fraction of sp³-hybridized carbons (Fsp3) is 0.292. The molecule has 0 saturated heterocycles. The largest absolute Gasteiger partial charge is 0.490 e. The summed E-state index contributed by atoms with van der Waals surface area (Å²) >= 11 is 1.35. The molecule has 0 spiro atoms. The molecule has 2 aromatic heterocycles. The van der Waals surface area contributed by atoms with Crippen molar-refractivity contribution in [3.05, 3.63) is 58.6 Å². The predicted molar refractivity (Wildman–Crippen MR) is 123 cm³/mol. The second kappa shape index (κ2) is 9.00. The summed E-state index contributed by atoms with van der Waals surface area (Å²) in [5.41, 5.74) is 2.50. The number of amides is 1. The first-order valence-corrected chi connectivity index (χ1v) is 11.2. The van der Waals surface area contributed by atoms with Crippen LogP contribution in [0.2, 0.25) is 0 Å². The molecule has 0 unspecified atom stereocenters. The highest BCUT2D eigenvalue weighted by atomic mass is 32.1. The zero-order valence-electron chi connectivity index (χ0n) is 18.4. The van der Waals surface area contributed by atoms with Gasteiger partial charge in [0.1, 0.15) is 6.54 Å². The van der Waals surface area contributed by atoms with Crippen LogP contribution in [0.15, 0.2) is 51.9 Å². The lowest BCUT2D eigenvalue weighted by molar-refractivity contribution is -0.141. The third-order valence-electron chi connectivity index (χ3n) is 5.10. The first kappa shape index (κ1) is 21.8. The molecule has 1 amide bonds. The summed E-state index contributed by atoms with van der Waals surface area (Å²) in [6, 6.07) is 13.2. The van der Waals surface area contributed by atoms with Gasteiger partial charge >= 0.3 is 11.9 Å².